The van der Waals surface area contributed by atoms with E-state index in [4.69, 9.17) is 23.1 Å². The van der Waals surface area contributed by atoms with E-state index in [0.717, 1.165) is 36.9 Å². The van der Waals surface area contributed by atoms with E-state index in [1.165, 1.54) is 6.42 Å². The van der Waals surface area contributed by atoms with Crippen molar-refractivity contribution >= 4 is 29.2 Å². The van der Waals surface area contributed by atoms with E-state index in [-0.39, 0.29) is 5.96 Å². The zero-order valence-electron chi connectivity index (χ0n) is 12.1. The van der Waals surface area contributed by atoms with Crippen molar-refractivity contribution in [2.24, 2.45) is 21.5 Å². The van der Waals surface area contributed by atoms with Crippen molar-refractivity contribution in [2.75, 3.05) is 4.90 Å². The molecule has 1 fully saturated rings. The summed E-state index contributed by atoms with van der Waals surface area (Å²) in [5.74, 6) is 0.662. The lowest BCUT2D eigenvalue weighted by Gasteiger charge is -2.45. The van der Waals surface area contributed by atoms with Crippen LogP contribution in [0, 0.1) is 6.92 Å². The molecule has 1 aromatic carbocycles. The van der Waals surface area contributed by atoms with Crippen LogP contribution in [0.15, 0.2) is 28.2 Å². The molecule has 21 heavy (non-hydrogen) atoms. The molecule has 1 aliphatic carbocycles. The van der Waals surface area contributed by atoms with Gasteiger partial charge in [-0.25, -0.2) is 4.99 Å². The number of guanidine groups is 2. The van der Waals surface area contributed by atoms with Crippen LogP contribution in [0.3, 0.4) is 0 Å². The highest BCUT2D eigenvalue weighted by Gasteiger charge is 2.42. The van der Waals surface area contributed by atoms with Gasteiger partial charge in [-0.2, -0.15) is 4.99 Å². The van der Waals surface area contributed by atoms with E-state index in [1.807, 2.05) is 24.0 Å². The second-order valence-electron chi connectivity index (χ2n) is 5.81. The molecule has 4 N–H and O–H groups in total. The van der Waals surface area contributed by atoms with Crippen molar-refractivity contribution in [2.45, 2.75) is 44.7 Å². The van der Waals surface area contributed by atoms with Crippen molar-refractivity contribution in [3.8, 4) is 0 Å². The lowest BCUT2D eigenvalue weighted by atomic mass is 9.87. The van der Waals surface area contributed by atoms with Crippen molar-refractivity contribution in [1.29, 1.82) is 0 Å². The molecule has 1 spiro atoms. The lowest BCUT2D eigenvalue weighted by Crippen LogP contribution is -2.58. The standard InChI is InChI=1S/C15H20ClN5/c1-10-7-11(16)9-12(8-10)21-14(18)19-13(17)20-15(21)5-3-2-4-6-15/h7-9H,2-6H2,1H3,(H4,17,18,19,20). The summed E-state index contributed by atoms with van der Waals surface area (Å²) in [6.07, 6.45) is 5.29. The minimum absolute atomic E-state index is 0.268. The van der Waals surface area contributed by atoms with Crippen molar-refractivity contribution < 1.29 is 0 Å². The minimum Gasteiger partial charge on any atom is -0.369 e. The summed E-state index contributed by atoms with van der Waals surface area (Å²) in [4.78, 5) is 10.8. The Morgan fingerprint density at radius 3 is 2.52 bits per heavy atom. The fourth-order valence-corrected chi connectivity index (χ4v) is 3.62. The van der Waals surface area contributed by atoms with Gasteiger partial charge in [0.2, 0.25) is 11.9 Å². The van der Waals surface area contributed by atoms with Crippen LogP contribution in [0.4, 0.5) is 5.69 Å². The molecule has 0 atom stereocenters. The predicted octanol–water partition coefficient (Wildman–Crippen LogP) is 2.76. The normalized spacial score (nSPS) is 21.1. The molecule has 0 unspecified atom stereocenters. The van der Waals surface area contributed by atoms with Crippen LogP contribution in [-0.4, -0.2) is 17.6 Å². The largest absolute Gasteiger partial charge is 0.369 e. The van der Waals surface area contributed by atoms with Crippen LogP contribution < -0.4 is 16.4 Å². The predicted molar refractivity (Wildman–Crippen MR) is 87.7 cm³/mol. The molecule has 1 aromatic rings. The molecule has 0 aromatic heterocycles. The third kappa shape index (κ3) is 2.58. The Hall–Kier alpha value is -1.75. The third-order valence-electron chi connectivity index (χ3n) is 4.14. The molecular weight excluding hydrogens is 286 g/mol. The van der Waals surface area contributed by atoms with Crippen molar-refractivity contribution in [1.82, 2.24) is 0 Å². The van der Waals surface area contributed by atoms with E-state index in [2.05, 4.69) is 16.1 Å². The number of benzene rings is 1. The van der Waals surface area contributed by atoms with Crippen molar-refractivity contribution in [3.63, 3.8) is 0 Å². The Morgan fingerprint density at radius 1 is 1.14 bits per heavy atom. The van der Waals surface area contributed by atoms with Gasteiger partial charge in [0.05, 0.1) is 0 Å². The molecule has 2 aliphatic rings. The second-order valence-corrected chi connectivity index (χ2v) is 6.24. The van der Waals surface area contributed by atoms with E-state index in [9.17, 15) is 0 Å². The first-order chi connectivity index (χ1) is 10.00. The number of aryl methyl sites for hydroxylation is 1. The van der Waals surface area contributed by atoms with Gasteiger partial charge in [0.1, 0.15) is 5.66 Å². The maximum atomic E-state index is 6.21. The van der Waals surface area contributed by atoms with Gasteiger partial charge >= 0.3 is 0 Å². The van der Waals surface area contributed by atoms with Crippen LogP contribution in [0.5, 0.6) is 0 Å². The number of hydrogen-bond acceptors (Lipinski definition) is 5. The van der Waals surface area contributed by atoms with Gasteiger partial charge in [-0.05, 0) is 56.4 Å². The van der Waals surface area contributed by atoms with E-state index in [1.54, 1.807) is 0 Å². The molecule has 3 rings (SSSR count). The lowest BCUT2D eigenvalue weighted by molar-refractivity contribution is 0.305. The summed E-state index contributed by atoms with van der Waals surface area (Å²) in [7, 11) is 0. The first-order valence-corrected chi connectivity index (χ1v) is 7.65. The quantitative estimate of drug-likeness (QED) is 0.837. The number of nitrogens with two attached hydrogens (primary N) is 2. The molecule has 6 heteroatoms. The summed E-state index contributed by atoms with van der Waals surface area (Å²) in [6, 6.07) is 5.89. The van der Waals surface area contributed by atoms with Gasteiger partial charge in [-0.15, -0.1) is 0 Å². The van der Waals surface area contributed by atoms with Crippen LogP contribution in [-0.2, 0) is 0 Å². The molecule has 0 saturated heterocycles. The van der Waals surface area contributed by atoms with Crippen LogP contribution in [0.2, 0.25) is 5.02 Å². The summed E-state index contributed by atoms with van der Waals surface area (Å²) in [5.41, 5.74) is 13.6. The molecule has 0 amide bonds. The molecule has 1 heterocycles. The van der Waals surface area contributed by atoms with E-state index < -0.39 is 5.66 Å². The average Bonchev–Trinajstić information content (AvgIpc) is 2.37. The van der Waals surface area contributed by atoms with Gasteiger partial charge in [-0.3, -0.25) is 4.90 Å². The third-order valence-corrected chi connectivity index (χ3v) is 4.35. The second kappa shape index (κ2) is 5.22. The van der Waals surface area contributed by atoms with Gasteiger partial charge in [-0.1, -0.05) is 18.0 Å². The molecule has 5 nitrogen and oxygen atoms in total. The van der Waals surface area contributed by atoms with E-state index >= 15 is 0 Å². The Bertz CT molecular complexity index is 596. The molecule has 0 radical (unpaired) electrons. The first kappa shape index (κ1) is 14.2. The van der Waals surface area contributed by atoms with Gasteiger partial charge < -0.3 is 11.5 Å². The fourth-order valence-electron chi connectivity index (χ4n) is 3.34. The highest BCUT2D eigenvalue weighted by atomic mass is 35.5. The fraction of sp³-hybridized carbons (Fsp3) is 0.467. The van der Waals surface area contributed by atoms with Crippen molar-refractivity contribution in [3.05, 3.63) is 28.8 Å². The smallest absolute Gasteiger partial charge is 0.220 e. The first-order valence-electron chi connectivity index (χ1n) is 7.27. The molecule has 112 valence electrons. The Morgan fingerprint density at radius 2 is 1.86 bits per heavy atom. The van der Waals surface area contributed by atoms with Crippen LogP contribution in [0.1, 0.15) is 37.7 Å². The number of hydrogen-bond donors (Lipinski definition) is 2. The highest BCUT2D eigenvalue weighted by Crippen LogP contribution is 2.40. The maximum Gasteiger partial charge on any atom is 0.220 e. The van der Waals surface area contributed by atoms with Crippen LogP contribution >= 0.6 is 11.6 Å². The van der Waals surface area contributed by atoms with E-state index in [0.29, 0.717) is 11.0 Å². The number of nitrogens with zero attached hydrogens (tertiary/aromatic N) is 3. The average molecular weight is 306 g/mol. The Balaban J connectivity index is 2.10. The number of aliphatic imine (C=N–C) groups is 2. The Kier molecular flexibility index (Phi) is 3.53. The number of anilines is 1. The van der Waals surface area contributed by atoms with Crippen LogP contribution in [0.25, 0.3) is 0 Å². The molecule has 1 saturated carbocycles. The zero-order chi connectivity index (χ0) is 15.0. The van der Waals surface area contributed by atoms with Gasteiger partial charge in [0, 0.05) is 10.7 Å². The zero-order valence-corrected chi connectivity index (χ0v) is 12.9. The topological polar surface area (TPSA) is 80.0 Å². The maximum absolute atomic E-state index is 6.21. The number of rotatable bonds is 1. The minimum atomic E-state index is -0.411. The summed E-state index contributed by atoms with van der Waals surface area (Å²) in [5, 5.41) is 0.686. The SMILES string of the molecule is Cc1cc(Cl)cc(N2C(N)=NC(N)=NC23CCCCC3)c1. The Labute approximate surface area is 129 Å². The summed E-state index contributed by atoms with van der Waals surface area (Å²) in [6.45, 7) is 2.01. The highest BCUT2D eigenvalue weighted by molar-refractivity contribution is 6.31. The monoisotopic (exact) mass is 305 g/mol. The van der Waals surface area contributed by atoms with Gasteiger partial charge in [0.25, 0.3) is 0 Å². The summed E-state index contributed by atoms with van der Waals surface area (Å²) >= 11 is 6.21. The molecular formula is C15H20ClN5. The molecule has 1 aliphatic heterocycles. The summed E-state index contributed by atoms with van der Waals surface area (Å²) < 4.78 is 0. The van der Waals surface area contributed by atoms with Gasteiger partial charge in [0.15, 0.2) is 0 Å². The molecule has 0 bridgehead atoms. The number of halogens is 1.